The number of benzene rings is 1. The lowest BCUT2D eigenvalue weighted by molar-refractivity contribution is -0.147. The lowest BCUT2D eigenvalue weighted by Crippen LogP contribution is -2.21. The molecule has 0 aliphatic heterocycles. The number of esters is 1. The Morgan fingerprint density at radius 2 is 1.96 bits per heavy atom. The highest BCUT2D eigenvalue weighted by atomic mass is 32.1. The molecule has 0 bridgehead atoms. The van der Waals surface area contributed by atoms with Crippen molar-refractivity contribution in [1.29, 1.82) is 0 Å². The van der Waals surface area contributed by atoms with E-state index in [0.29, 0.717) is 17.5 Å². The molecule has 0 unspecified atom stereocenters. The number of rotatable bonds is 7. The molecule has 0 saturated heterocycles. The summed E-state index contributed by atoms with van der Waals surface area (Å²) in [5.74, 6) is -0.0116. The summed E-state index contributed by atoms with van der Waals surface area (Å²) in [6.07, 6.45) is 6.21. The summed E-state index contributed by atoms with van der Waals surface area (Å²) in [4.78, 5) is 28.1. The minimum atomic E-state index is -0.357. The van der Waals surface area contributed by atoms with Crippen LogP contribution in [0.3, 0.4) is 0 Å². The third-order valence-electron chi connectivity index (χ3n) is 4.69. The van der Waals surface area contributed by atoms with E-state index in [2.05, 4.69) is 10.3 Å². The molecular weight excluding hydrogens is 348 g/mol. The van der Waals surface area contributed by atoms with Crippen molar-refractivity contribution in [3.8, 4) is 11.3 Å². The molecule has 1 aromatic carbocycles. The van der Waals surface area contributed by atoms with Crippen LogP contribution < -0.4 is 5.32 Å². The average molecular weight is 372 g/mol. The molecule has 2 aromatic rings. The maximum absolute atomic E-state index is 11.9. The number of amides is 1. The largest absolute Gasteiger partial charge is 0.456 e. The molecule has 1 heterocycles. The molecular formula is C20H24N2O3S. The van der Waals surface area contributed by atoms with Gasteiger partial charge in [-0.05, 0) is 19.3 Å². The molecule has 1 aliphatic rings. The summed E-state index contributed by atoms with van der Waals surface area (Å²) < 4.78 is 5.07. The highest BCUT2D eigenvalue weighted by Crippen LogP contribution is 2.28. The quantitative estimate of drug-likeness (QED) is 0.723. The molecule has 0 atom stereocenters. The third kappa shape index (κ3) is 5.39. The number of carbonyl (C=O) groups is 2. The first-order chi connectivity index (χ1) is 12.6. The van der Waals surface area contributed by atoms with Crippen molar-refractivity contribution in [3.05, 3.63) is 35.2 Å². The van der Waals surface area contributed by atoms with Gasteiger partial charge in [-0.1, -0.05) is 55.5 Å². The van der Waals surface area contributed by atoms with E-state index in [1.54, 1.807) is 0 Å². The van der Waals surface area contributed by atoms with E-state index in [1.807, 2.05) is 36.6 Å². The van der Waals surface area contributed by atoms with Gasteiger partial charge in [0.15, 0.2) is 11.7 Å². The lowest BCUT2D eigenvalue weighted by Gasteiger charge is -2.08. The van der Waals surface area contributed by atoms with Crippen LogP contribution in [0.2, 0.25) is 0 Å². The Kier molecular flexibility index (Phi) is 6.39. The summed E-state index contributed by atoms with van der Waals surface area (Å²) in [7, 11) is 0. The fraction of sp³-hybridized carbons (Fsp3) is 0.450. The Bertz CT molecular complexity index is 749. The smallest absolute Gasteiger partial charge is 0.306 e. The van der Waals surface area contributed by atoms with Gasteiger partial charge < -0.3 is 4.74 Å². The Morgan fingerprint density at radius 1 is 1.23 bits per heavy atom. The second-order valence-electron chi connectivity index (χ2n) is 6.80. The molecule has 0 spiro atoms. The number of nitrogens with one attached hydrogen (secondary N) is 1. The van der Waals surface area contributed by atoms with Crippen LogP contribution in [0, 0.1) is 12.8 Å². The number of thiazole rings is 1. The van der Waals surface area contributed by atoms with Crippen LogP contribution in [-0.2, 0) is 14.3 Å². The molecule has 3 rings (SSSR count). The van der Waals surface area contributed by atoms with Crippen LogP contribution in [0.25, 0.3) is 11.3 Å². The summed E-state index contributed by atoms with van der Waals surface area (Å²) in [6, 6.07) is 8.06. The van der Waals surface area contributed by atoms with Crippen molar-refractivity contribution in [2.24, 2.45) is 5.92 Å². The Labute approximate surface area is 157 Å². The summed E-state index contributed by atoms with van der Waals surface area (Å²) >= 11 is 1.35. The Morgan fingerprint density at radius 3 is 2.69 bits per heavy atom. The van der Waals surface area contributed by atoms with Crippen molar-refractivity contribution >= 4 is 28.3 Å². The van der Waals surface area contributed by atoms with Crippen LogP contribution in [0.4, 0.5) is 5.13 Å². The van der Waals surface area contributed by atoms with E-state index in [1.165, 1.54) is 42.6 Å². The minimum absolute atomic E-state index is 0.261. The van der Waals surface area contributed by atoms with Gasteiger partial charge in [-0.15, -0.1) is 11.3 Å². The van der Waals surface area contributed by atoms with Crippen molar-refractivity contribution in [1.82, 2.24) is 4.98 Å². The normalized spacial score (nSPS) is 14.3. The number of anilines is 1. The summed E-state index contributed by atoms with van der Waals surface area (Å²) in [6.45, 7) is 1.77. The monoisotopic (exact) mass is 372 g/mol. The van der Waals surface area contributed by atoms with Crippen LogP contribution in [0.1, 0.15) is 44.1 Å². The SMILES string of the molecule is Cc1ccc(-c2csc(NC(=O)COC(=O)CCC3CCCC3)n2)cc1. The van der Waals surface area contributed by atoms with Gasteiger partial charge in [0.05, 0.1) is 5.69 Å². The summed E-state index contributed by atoms with van der Waals surface area (Å²) in [5.41, 5.74) is 3.01. The van der Waals surface area contributed by atoms with Gasteiger partial charge >= 0.3 is 5.97 Å². The van der Waals surface area contributed by atoms with Crippen molar-refractivity contribution in [3.63, 3.8) is 0 Å². The molecule has 1 N–H and O–H groups in total. The van der Waals surface area contributed by atoms with E-state index in [0.717, 1.165) is 17.7 Å². The number of hydrogen-bond acceptors (Lipinski definition) is 5. The van der Waals surface area contributed by atoms with E-state index in [9.17, 15) is 9.59 Å². The van der Waals surface area contributed by atoms with Crippen LogP contribution in [-0.4, -0.2) is 23.5 Å². The highest BCUT2D eigenvalue weighted by Gasteiger charge is 2.17. The maximum atomic E-state index is 11.9. The standard InChI is InChI=1S/C20H24N2O3S/c1-14-6-9-16(10-7-14)17-13-26-20(21-17)22-18(23)12-25-19(24)11-8-15-4-2-3-5-15/h6-7,9-10,13,15H,2-5,8,11-12H2,1H3,(H,21,22,23). The van der Waals surface area contributed by atoms with Crippen molar-refractivity contribution in [2.45, 2.75) is 45.4 Å². The van der Waals surface area contributed by atoms with Gasteiger partial charge in [0.1, 0.15) is 0 Å². The first-order valence-corrected chi connectivity index (χ1v) is 9.96. The van der Waals surface area contributed by atoms with Gasteiger partial charge in [0, 0.05) is 17.4 Å². The van der Waals surface area contributed by atoms with E-state index < -0.39 is 0 Å². The molecule has 1 aliphatic carbocycles. The second-order valence-corrected chi connectivity index (χ2v) is 7.66. The molecule has 5 nitrogen and oxygen atoms in total. The number of hydrogen-bond donors (Lipinski definition) is 1. The Balaban J connectivity index is 1.41. The predicted octanol–water partition coefficient (Wildman–Crippen LogP) is 4.57. The highest BCUT2D eigenvalue weighted by molar-refractivity contribution is 7.14. The van der Waals surface area contributed by atoms with Crippen molar-refractivity contribution < 1.29 is 14.3 Å². The first kappa shape index (κ1) is 18.6. The number of carbonyl (C=O) groups excluding carboxylic acids is 2. The molecule has 6 heteroatoms. The van der Waals surface area contributed by atoms with Gasteiger partial charge in [0.25, 0.3) is 5.91 Å². The zero-order valence-corrected chi connectivity index (χ0v) is 15.8. The van der Waals surface area contributed by atoms with Crippen molar-refractivity contribution in [2.75, 3.05) is 11.9 Å². The molecule has 1 fully saturated rings. The van der Waals surface area contributed by atoms with Gasteiger partial charge in [-0.25, -0.2) is 4.98 Å². The lowest BCUT2D eigenvalue weighted by atomic mass is 10.0. The zero-order chi connectivity index (χ0) is 18.4. The first-order valence-electron chi connectivity index (χ1n) is 9.08. The van der Waals surface area contributed by atoms with Gasteiger partial charge in [-0.2, -0.15) is 0 Å². The van der Waals surface area contributed by atoms with Crippen LogP contribution in [0.15, 0.2) is 29.6 Å². The zero-order valence-electron chi connectivity index (χ0n) is 15.0. The molecule has 138 valence electrons. The molecule has 1 aromatic heterocycles. The Hall–Kier alpha value is -2.21. The van der Waals surface area contributed by atoms with E-state index in [-0.39, 0.29) is 18.5 Å². The maximum Gasteiger partial charge on any atom is 0.306 e. The number of ether oxygens (including phenoxy) is 1. The molecule has 0 radical (unpaired) electrons. The topological polar surface area (TPSA) is 68.3 Å². The fourth-order valence-electron chi connectivity index (χ4n) is 3.18. The van der Waals surface area contributed by atoms with E-state index >= 15 is 0 Å². The number of aromatic nitrogens is 1. The molecule has 1 saturated carbocycles. The number of nitrogens with zero attached hydrogens (tertiary/aromatic N) is 1. The molecule has 26 heavy (non-hydrogen) atoms. The average Bonchev–Trinajstić information content (AvgIpc) is 3.31. The number of aryl methyl sites for hydroxylation is 1. The molecule has 1 amide bonds. The van der Waals surface area contributed by atoms with Gasteiger partial charge in [0.2, 0.25) is 0 Å². The van der Waals surface area contributed by atoms with E-state index in [4.69, 9.17) is 4.74 Å². The predicted molar refractivity (Wildman–Crippen MR) is 103 cm³/mol. The second kappa shape index (κ2) is 8.94. The van der Waals surface area contributed by atoms with Gasteiger partial charge in [-0.3, -0.25) is 14.9 Å². The fourth-order valence-corrected chi connectivity index (χ4v) is 3.92. The third-order valence-corrected chi connectivity index (χ3v) is 5.45. The van der Waals surface area contributed by atoms with Crippen LogP contribution >= 0.6 is 11.3 Å². The summed E-state index contributed by atoms with van der Waals surface area (Å²) in [5, 5.41) is 5.09. The van der Waals surface area contributed by atoms with Crippen LogP contribution in [0.5, 0.6) is 0 Å². The minimum Gasteiger partial charge on any atom is -0.456 e.